The number of nitrogens with one attached hydrogen (secondary N) is 1. The second-order valence-corrected chi connectivity index (χ2v) is 5.97. The fraction of sp³-hybridized carbons (Fsp3) is 0.500. The molecular weight excluding hydrogens is 349 g/mol. The summed E-state index contributed by atoms with van der Waals surface area (Å²) in [4.78, 5) is 11.3. The van der Waals surface area contributed by atoms with Gasteiger partial charge in [0.05, 0.1) is 11.6 Å². The summed E-state index contributed by atoms with van der Waals surface area (Å²) in [6.07, 6.45) is -4.99. The summed E-state index contributed by atoms with van der Waals surface area (Å²) < 4.78 is 11.0. The number of hydrogen-bond donors (Lipinski definition) is 4. The van der Waals surface area contributed by atoms with Crippen molar-refractivity contribution in [3.8, 4) is 5.75 Å². The number of benzene rings is 1. The van der Waals surface area contributed by atoms with E-state index in [1.807, 2.05) is 0 Å². The summed E-state index contributed by atoms with van der Waals surface area (Å²) in [5, 5.41) is 32.4. The van der Waals surface area contributed by atoms with E-state index in [1.165, 1.54) is 19.1 Å². The first kappa shape index (κ1) is 18.3. The van der Waals surface area contributed by atoms with E-state index in [4.69, 9.17) is 32.7 Å². The first-order chi connectivity index (χ1) is 10.8. The minimum absolute atomic E-state index is 0.212. The SMILES string of the molecule is CC(=O)N[C@@H]1[C@@H](Oc2ccc(Cl)cc2Cl)O[C@H](CO)[C@H](O)[C@@H]1O. The summed E-state index contributed by atoms with van der Waals surface area (Å²) in [6.45, 7) is 0.725. The predicted octanol–water partition coefficient (Wildman–Crippen LogP) is 0.316. The minimum atomic E-state index is -1.39. The molecule has 1 aliphatic rings. The van der Waals surface area contributed by atoms with E-state index in [0.29, 0.717) is 5.02 Å². The Bertz CT molecular complexity index is 572. The normalized spacial score (nSPS) is 30.8. The highest BCUT2D eigenvalue weighted by molar-refractivity contribution is 6.35. The van der Waals surface area contributed by atoms with E-state index in [1.54, 1.807) is 6.07 Å². The number of hydrogen-bond acceptors (Lipinski definition) is 6. The lowest BCUT2D eigenvalue weighted by atomic mass is 9.97. The van der Waals surface area contributed by atoms with Crippen LogP contribution in [0, 0.1) is 0 Å². The highest BCUT2D eigenvalue weighted by Crippen LogP contribution is 2.31. The molecule has 1 saturated heterocycles. The Labute approximate surface area is 142 Å². The molecule has 1 aliphatic heterocycles. The molecule has 0 aliphatic carbocycles. The van der Waals surface area contributed by atoms with Crippen molar-refractivity contribution in [3.05, 3.63) is 28.2 Å². The van der Waals surface area contributed by atoms with Crippen LogP contribution in [0.25, 0.3) is 0 Å². The van der Waals surface area contributed by atoms with Crippen molar-refractivity contribution in [1.29, 1.82) is 0 Å². The minimum Gasteiger partial charge on any atom is -0.461 e. The largest absolute Gasteiger partial charge is 0.461 e. The van der Waals surface area contributed by atoms with Crippen molar-refractivity contribution in [1.82, 2.24) is 5.32 Å². The van der Waals surface area contributed by atoms with Crippen LogP contribution < -0.4 is 10.1 Å². The van der Waals surface area contributed by atoms with Crippen molar-refractivity contribution in [3.63, 3.8) is 0 Å². The van der Waals surface area contributed by atoms with Gasteiger partial charge >= 0.3 is 0 Å². The number of amides is 1. The van der Waals surface area contributed by atoms with Crippen LogP contribution >= 0.6 is 23.2 Å². The fourth-order valence-corrected chi connectivity index (χ4v) is 2.72. The summed E-state index contributed by atoms with van der Waals surface area (Å²) in [7, 11) is 0. The molecule has 0 unspecified atom stereocenters. The van der Waals surface area contributed by atoms with Crippen LogP contribution in [0.1, 0.15) is 6.92 Å². The molecular formula is C14H17Cl2NO6. The van der Waals surface area contributed by atoms with Gasteiger partial charge in [0.25, 0.3) is 0 Å². The Morgan fingerprint density at radius 1 is 1.35 bits per heavy atom. The summed E-state index contributed by atoms with van der Waals surface area (Å²) >= 11 is 11.8. The second kappa shape index (κ2) is 7.65. The second-order valence-electron chi connectivity index (χ2n) is 5.13. The summed E-state index contributed by atoms with van der Waals surface area (Å²) in [5.41, 5.74) is 0. The molecule has 5 atom stereocenters. The van der Waals surface area contributed by atoms with Crippen molar-refractivity contribution in [2.24, 2.45) is 0 Å². The highest BCUT2D eigenvalue weighted by Gasteiger charge is 2.46. The Morgan fingerprint density at radius 3 is 2.61 bits per heavy atom. The monoisotopic (exact) mass is 365 g/mol. The molecule has 23 heavy (non-hydrogen) atoms. The first-order valence-corrected chi connectivity index (χ1v) is 7.60. The number of ether oxygens (including phenoxy) is 2. The molecule has 1 heterocycles. The molecule has 128 valence electrons. The van der Waals surface area contributed by atoms with Gasteiger partial charge in [0, 0.05) is 11.9 Å². The third kappa shape index (κ3) is 4.26. The number of halogens is 2. The van der Waals surface area contributed by atoms with Gasteiger partial charge in [0.2, 0.25) is 12.2 Å². The number of aliphatic hydroxyl groups excluding tert-OH is 3. The highest BCUT2D eigenvalue weighted by atomic mass is 35.5. The predicted molar refractivity (Wildman–Crippen MR) is 82.5 cm³/mol. The summed E-state index contributed by atoms with van der Waals surface area (Å²) in [6, 6.07) is 3.47. The van der Waals surface area contributed by atoms with E-state index in [0.717, 1.165) is 0 Å². The fourth-order valence-electron chi connectivity index (χ4n) is 2.27. The number of carbonyl (C=O) groups is 1. The van der Waals surface area contributed by atoms with Crippen LogP contribution in [0.4, 0.5) is 0 Å². The molecule has 1 amide bonds. The van der Waals surface area contributed by atoms with Crippen LogP contribution in [0.3, 0.4) is 0 Å². The van der Waals surface area contributed by atoms with Crippen molar-refractivity contribution < 1.29 is 29.6 Å². The third-order valence-corrected chi connectivity index (χ3v) is 3.92. The van der Waals surface area contributed by atoms with Gasteiger partial charge in [0.1, 0.15) is 30.1 Å². The Kier molecular flexibility index (Phi) is 6.07. The van der Waals surface area contributed by atoms with Crippen LogP contribution in [0.2, 0.25) is 10.0 Å². The molecule has 2 rings (SSSR count). The van der Waals surface area contributed by atoms with Crippen LogP contribution in [-0.2, 0) is 9.53 Å². The molecule has 0 saturated carbocycles. The Morgan fingerprint density at radius 2 is 2.04 bits per heavy atom. The van der Waals surface area contributed by atoms with Crippen molar-refractivity contribution in [2.45, 2.75) is 37.6 Å². The van der Waals surface area contributed by atoms with Gasteiger partial charge in [-0.05, 0) is 18.2 Å². The van der Waals surface area contributed by atoms with Crippen LogP contribution in [0.15, 0.2) is 18.2 Å². The zero-order valence-electron chi connectivity index (χ0n) is 12.1. The van der Waals surface area contributed by atoms with Crippen LogP contribution in [0.5, 0.6) is 5.75 Å². The number of aliphatic hydroxyl groups is 3. The lowest BCUT2D eigenvalue weighted by Crippen LogP contribution is -2.65. The van der Waals surface area contributed by atoms with Crippen molar-refractivity contribution in [2.75, 3.05) is 6.61 Å². The van der Waals surface area contributed by atoms with Gasteiger partial charge in [-0.1, -0.05) is 23.2 Å². The summed E-state index contributed by atoms with van der Waals surface area (Å²) in [5.74, 6) is -0.222. The average molecular weight is 366 g/mol. The average Bonchev–Trinajstić information content (AvgIpc) is 2.48. The molecule has 9 heteroatoms. The number of carbonyl (C=O) groups excluding carboxylic acids is 1. The molecule has 0 bridgehead atoms. The molecule has 0 spiro atoms. The zero-order chi connectivity index (χ0) is 17.1. The Balaban J connectivity index is 2.25. The smallest absolute Gasteiger partial charge is 0.223 e. The van der Waals surface area contributed by atoms with Crippen LogP contribution in [-0.4, -0.2) is 58.5 Å². The van der Waals surface area contributed by atoms with E-state index < -0.39 is 43.2 Å². The maximum atomic E-state index is 11.3. The maximum Gasteiger partial charge on any atom is 0.223 e. The molecule has 1 fully saturated rings. The first-order valence-electron chi connectivity index (χ1n) is 6.84. The maximum absolute atomic E-state index is 11.3. The van der Waals surface area contributed by atoms with E-state index in [-0.39, 0.29) is 10.8 Å². The van der Waals surface area contributed by atoms with Gasteiger partial charge in [-0.2, -0.15) is 0 Å². The third-order valence-electron chi connectivity index (χ3n) is 3.39. The topological polar surface area (TPSA) is 108 Å². The quantitative estimate of drug-likeness (QED) is 0.611. The Hall–Kier alpha value is -1.09. The van der Waals surface area contributed by atoms with E-state index in [2.05, 4.69) is 5.32 Å². The lowest BCUT2D eigenvalue weighted by molar-refractivity contribution is -0.244. The molecule has 7 nitrogen and oxygen atoms in total. The number of rotatable bonds is 4. The van der Waals surface area contributed by atoms with Gasteiger partial charge < -0.3 is 30.1 Å². The van der Waals surface area contributed by atoms with Gasteiger partial charge in [-0.3, -0.25) is 4.79 Å². The molecule has 1 aromatic carbocycles. The molecule has 1 aromatic rings. The molecule has 0 aromatic heterocycles. The van der Waals surface area contributed by atoms with Gasteiger partial charge in [-0.25, -0.2) is 0 Å². The van der Waals surface area contributed by atoms with E-state index in [9.17, 15) is 20.1 Å². The van der Waals surface area contributed by atoms with Crippen molar-refractivity contribution >= 4 is 29.1 Å². The zero-order valence-corrected chi connectivity index (χ0v) is 13.7. The molecule has 0 radical (unpaired) electrons. The molecule has 4 N–H and O–H groups in total. The standard InChI is InChI=1S/C14H17Cl2NO6/c1-6(19)17-11-13(21)12(20)10(5-18)23-14(11)22-9-3-2-7(15)4-8(9)16/h2-4,10-14,18,20-21H,5H2,1H3,(H,17,19)/t10-,11+,12+,13-,14+/m1/s1. The van der Waals surface area contributed by atoms with E-state index >= 15 is 0 Å². The van der Waals surface area contributed by atoms with Gasteiger partial charge in [0.15, 0.2) is 0 Å². The van der Waals surface area contributed by atoms with Gasteiger partial charge in [-0.15, -0.1) is 0 Å². The lowest BCUT2D eigenvalue weighted by Gasteiger charge is -2.42.